The first-order valence-electron chi connectivity index (χ1n) is 11.7. The number of aromatic nitrogens is 4. The molecule has 0 amide bonds. The number of methoxy groups -OCH3 is 3. The SMILES string of the molecule is COc1cc(-n2cnc(Nc3nc4c(c(N5CCC[C@H]5CO)n3)CNCC4)c2)cc(OC)c1OC. The molecule has 0 radical (unpaired) electrons. The minimum absolute atomic E-state index is 0.0861. The maximum atomic E-state index is 9.87. The summed E-state index contributed by atoms with van der Waals surface area (Å²) >= 11 is 0. The lowest BCUT2D eigenvalue weighted by molar-refractivity contribution is 0.266. The lowest BCUT2D eigenvalue weighted by Gasteiger charge is -2.29. The fourth-order valence-corrected chi connectivity index (χ4v) is 4.78. The van der Waals surface area contributed by atoms with E-state index in [0.29, 0.717) is 29.0 Å². The van der Waals surface area contributed by atoms with Crippen molar-refractivity contribution in [3.8, 4) is 22.9 Å². The van der Waals surface area contributed by atoms with Crippen LogP contribution in [0.1, 0.15) is 24.1 Å². The molecule has 2 aliphatic rings. The molecular weight excluding hydrogens is 450 g/mol. The Labute approximate surface area is 204 Å². The molecule has 3 N–H and O–H groups in total. The van der Waals surface area contributed by atoms with Crippen molar-refractivity contribution in [1.82, 2.24) is 24.8 Å². The highest BCUT2D eigenvalue weighted by atomic mass is 16.5. The van der Waals surface area contributed by atoms with Crippen LogP contribution in [-0.4, -0.2) is 71.7 Å². The largest absolute Gasteiger partial charge is 0.493 e. The Bertz CT molecular complexity index is 1170. The molecular formula is C24H31N7O4. The predicted octanol–water partition coefficient (Wildman–Crippen LogP) is 2.04. The second-order valence-electron chi connectivity index (χ2n) is 8.57. The molecule has 0 aliphatic carbocycles. The molecule has 0 spiro atoms. The molecule has 1 saturated heterocycles. The third kappa shape index (κ3) is 4.44. The quantitative estimate of drug-likeness (QED) is 0.441. The molecule has 2 aromatic heterocycles. The van der Waals surface area contributed by atoms with Crippen molar-refractivity contribution in [1.29, 1.82) is 0 Å². The number of hydrogen-bond donors (Lipinski definition) is 3. The van der Waals surface area contributed by atoms with Crippen LogP contribution in [0.15, 0.2) is 24.7 Å². The van der Waals surface area contributed by atoms with Crippen LogP contribution in [0, 0.1) is 0 Å². The molecule has 3 aromatic rings. The number of imidazole rings is 1. The number of hydrogen-bond acceptors (Lipinski definition) is 10. The van der Waals surface area contributed by atoms with Crippen LogP contribution in [0.4, 0.5) is 17.6 Å². The first-order chi connectivity index (χ1) is 17.1. The van der Waals surface area contributed by atoms with Gasteiger partial charge in [-0.1, -0.05) is 0 Å². The summed E-state index contributed by atoms with van der Waals surface area (Å²) < 4.78 is 18.2. The van der Waals surface area contributed by atoms with E-state index in [-0.39, 0.29) is 12.6 Å². The van der Waals surface area contributed by atoms with E-state index in [0.717, 1.165) is 61.7 Å². The summed E-state index contributed by atoms with van der Waals surface area (Å²) in [7, 11) is 4.75. The van der Waals surface area contributed by atoms with E-state index in [4.69, 9.17) is 24.2 Å². The monoisotopic (exact) mass is 481 g/mol. The minimum atomic E-state index is 0.0861. The Morgan fingerprint density at radius 1 is 1.14 bits per heavy atom. The van der Waals surface area contributed by atoms with Gasteiger partial charge in [-0.25, -0.2) is 9.97 Å². The number of anilines is 3. The first kappa shape index (κ1) is 23.2. The fraction of sp³-hybridized carbons (Fsp3) is 0.458. The Kier molecular flexibility index (Phi) is 6.60. The van der Waals surface area contributed by atoms with E-state index < -0.39 is 0 Å². The molecule has 11 heteroatoms. The summed E-state index contributed by atoms with van der Waals surface area (Å²) in [6, 6.07) is 3.80. The minimum Gasteiger partial charge on any atom is -0.493 e. The lowest BCUT2D eigenvalue weighted by atomic mass is 10.1. The molecule has 5 rings (SSSR count). The maximum absolute atomic E-state index is 9.87. The molecule has 0 bridgehead atoms. The van der Waals surface area contributed by atoms with E-state index >= 15 is 0 Å². The van der Waals surface area contributed by atoms with Crippen molar-refractivity contribution in [2.45, 2.75) is 31.8 Å². The van der Waals surface area contributed by atoms with Gasteiger partial charge < -0.3 is 39.4 Å². The van der Waals surface area contributed by atoms with Gasteiger partial charge in [0.1, 0.15) is 12.1 Å². The van der Waals surface area contributed by atoms with Crippen molar-refractivity contribution in [3.05, 3.63) is 35.9 Å². The third-order valence-electron chi connectivity index (χ3n) is 6.54. The number of benzene rings is 1. The van der Waals surface area contributed by atoms with Crippen molar-refractivity contribution >= 4 is 17.6 Å². The molecule has 2 aliphatic heterocycles. The van der Waals surface area contributed by atoms with Crippen molar-refractivity contribution in [3.63, 3.8) is 0 Å². The van der Waals surface area contributed by atoms with Gasteiger partial charge in [-0.3, -0.25) is 0 Å². The molecule has 0 saturated carbocycles. The normalized spacial score (nSPS) is 17.3. The van der Waals surface area contributed by atoms with Gasteiger partial charge in [-0.05, 0) is 12.8 Å². The summed E-state index contributed by atoms with van der Waals surface area (Å²) in [5.41, 5.74) is 2.95. The lowest BCUT2D eigenvalue weighted by Crippen LogP contribution is -2.36. The van der Waals surface area contributed by atoms with Crippen LogP contribution in [0.5, 0.6) is 17.2 Å². The second kappa shape index (κ2) is 9.96. The number of aliphatic hydroxyl groups excluding tert-OH is 1. The highest BCUT2D eigenvalue weighted by Gasteiger charge is 2.29. The fourth-order valence-electron chi connectivity index (χ4n) is 4.78. The molecule has 11 nitrogen and oxygen atoms in total. The number of rotatable bonds is 8. The van der Waals surface area contributed by atoms with E-state index in [1.54, 1.807) is 27.7 Å². The number of ether oxygens (including phenoxy) is 3. The number of aliphatic hydroxyl groups is 1. The standard InChI is InChI=1S/C24H31N7O4/c1-33-19-9-16(10-20(34-2)22(19)35-3)30-12-21(26-14-30)28-24-27-18-6-7-25-11-17(18)23(29-24)31-8-4-5-15(31)13-32/h9-10,12,14-15,25,32H,4-8,11,13H2,1-3H3,(H,27,28,29)/t15-/m0/s1. The number of fused-ring (bicyclic) bond motifs is 1. The van der Waals surface area contributed by atoms with E-state index in [1.165, 1.54) is 0 Å². The van der Waals surface area contributed by atoms with Crippen LogP contribution in [0.25, 0.3) is 5.69 Å². The van der Waals surface area contributed by atoms with Crippen LogP contribution < -0.4 is 29.7 Å². The smallest absolute Gasteiger partial charge is 0.230 e. The van der Waals surface area contributed by atoms with Crippen LogP contribution >= 0.6 is 0 Å². The molecule has 1 fully saturated rings. The summed E-state index contributed by atoms with van der Waals surface area (Å²) in [4.78, 5) is 16.4. The number of nitrogens with zero attached hydrogens (tertiary/aromatic N) is 5. The zero-order valence-electron chi connectivity index (χ0n) is 20.2. The highest BCUT2D eigenvalue weighted by molar-refractivity contribution is 5.60. The topological polar surface area (TPSA) is 119 Å². The Hall–Kier alpha value is -3.57. The van der Waals surface area contributed by atoms with Gasteiger partial charge in [-0.2, -0.15) is 4.98 Å². The average molecular weight is 482 g/mol. The van der Waals surface area contributed by atoms with Gasteiger partial charge in [0.15, 0.2) is 17.3 Å². The van der Waals surface area contributed by atoms with Crippen molar-refractivity contribution in [2.24, 2.45) is 0 Å². The predicted molar refractivity (Wildman–Crippen MR) is 131 cm³/mol. The molecule has 4 heterocycles. The van der Waals surface area contributed by atoms with Crippen LogP contribution in [0.3, 0.4) is 0 Å². The highest BCUT2D eigenvalue weighted by Crippen LogP contribution is 2.39. The average Bonchev–Trinajstić information content (AvgIpc) is 3.57. The zero-order chi connectivity index (χ0) is 24.4. The Balaban J connectivity index is 1.45. The molecule has 186 valence electrons. The van der Waals surface area contributed by atoms with Gasteiger partial charge in [0.25, 0.3) is 0 Å². The van der Waals surface area contributed by atoms with E-state index in [2.05, 4.69) is 20.5 Å². The van der Waals surface area contributed by atoms with E-state index in [9.17, 15) is 5.11 Å². The summed E-state index contributed by atoms with van der Waals surface area (Å²) in [5, 5.41) is 16.6. The molecule has 1 aromatic carbocycles. The molecule has 0 unspecified atom stereocenters. The van der Waals surface area contributed by atoms with Crippen molar-refractivity contribution in [2.75, 3.05) is 51.2 Å². The van der Waals surface area contributed by atoms with Gasteiger partial charge in [-0.15, -0.1) is 0 Å². The molecule has 1 atom stereocenters. The third-order valence-corrected chi connectivity index (χ3v) is 6.54. The Morgan fingerprint density at radius 3 is 2.66 bits per heavy atom. The van der Waals surface area contributed by atoms with Crippen LogP contribution in [0.2, 0.25) is 0 Å². The van der Waals surface area contributed by atoms with Gasteiger partial charge in [0.2, 0.25) is 11.7 Å². The summed E-state index contributed by atoms with van der Waals surface area (Å²) in [5.74, 6) is 3.66. The number of nitrogens with one attached hydrogen (secondary N) is 2. The van der Waals surface area contributed by atoms with Crippen molar-refractivity contribution < 1.29 is 19.3 Å². The van der Waals surface area contributed by atoms with Gasteiger partial charge >= 0.3 is 0 Å². The maximum Gasteiger partial charge on any atom is 0.230 e. The van der Waals surface area contributed by atoms with Gasteiger partial charge in [0, 0.05) is 43.8 Å². The first-order valence-corrected chi connectivity index (χ1v) is 11.7. The van der Waals surface area contributed by atoms with Gasteiger partial charge in [0.05, 0.1) is 51.6 Å². The summed E-state index contributed by atoms with van der Waals surface area (Å²) in [6.07, 6.45) is 6.40. The summed E-state index contributed by atoms with van der Waals surface area (Å²) in [6.45, 7) is 2.61. The zero-order valence-corrected chi connectivity index (χ0v) is 20.2. The van der Waals surface area contributed by atoms with E-state index in [1.807, 2.05) is 22.9 Å². The van der Waals surface area contributed by atoms with Crippen LogP contribution in [-0.2, 0) is 13.0 Å². The second-order valence-corrected chi connectivity index (χ2v) is 8.57. The molecule has 35 heavy (non-hydrogen) atoms. The Morgan fingerprint density at radius 2 is 1.94 bits per heavy atom.